The van der Waals surface area contributed by atoms with Crippen LogP contribution in [0.25, 0.3) is 0 Å². The van der Waals surface area contributed by atoms with Crippen molar-refractivity contribution in [3.8, 4) is 5.75 Å². The smallest absolute Gasteiger partial charge is 0.260 e. The van der Waals surface area contributed by atoms with Crippen LogP contribution in [0.15, 0.2) is 18.2 Å². The van der Waals surface area contributed by atoms with Gasteiger partial charge in [0.25, 0.3) is 5.91 Å². The summed E-state index contributed by atoms with van der Waals surface area (Å²) in [7, 11) is -3.00. The highest BCUT2D eigenvalue weighted by Crippen LogP contribution is 2.24. The fraction of sp³-hybridized carbons (Fsp3) is 0.611. The highest BCUT2D eigenvalue weighted by molar-refractivity contribution is 7.91. The number of rotatable bonds is 6. The van der Waals surface area contributed by atoms with Crippen molar-refractivity contribution >= 4 is 15.7 Å². The molecule has 1 aromatic carbocycles. The molecule has 5 nitrogen and oxygen atoms in total. The Labute approximate surface area is 144 Å². The second-order valence-corrected chi connectivity index (χ2v) is 8.93. The van der Waals surface area contributed by atoms with Crippen LogP contribution in [0, 0.1) is 6.92 Å². The average Bonchev–Trinajstić information content (AvgIpc) is 2.85. The monoisotopic (exact) mass is 353 g/mol. The summed E-state index contributed by atoms with van der Waals surface area (Å²) < 4.78 is 28.9. The maximum atomic E-state index is 12.4. The maximum Gasteiger partial charge on any atom is 0.260 e. The molecule has 1 unspecified atom stereocenters. The predicted molar refractivity (Wildman–Crippen MR) is 95.2 cm³/mol. The van der Waals surface area contributed by atoms with Gasteiger partial charge in [0, 0.05) is 12.6 Å². The minimum absolute atomic E-state index is 0.0643. The second-order valence-electron chi connectivity index (χ2n) is 6.70. The van der Waals surface area contributed by atoms with Gasteiger partial charge in [-0.15, -0.1) is 0 Å². The minimum Gasteiger partial charge on any atom is -0.484 e. The number of ether oxygens (including phenoxy) is 1. The topological polar surface area (TPSA) is 63.7 Å². The van der Waals surface area contributed by atoms with E-state index in [1.165, 1.54) is 5.56 Å². The van der Waals surface area contributed by atoms with E-state index in [0.29, 0.717) is 24.6 Å². The fourth-order valence-corrected chi connectivity index (χ4v) is 5.00. The van der Waals surface area contributed by atoms with Gasteiger partial charge < -0.3 is 9.64 Å². The third-order valence-corrected chi connectivity index (χ3v) is 6.29. The van der Waals surface area contributed by atoms with Crippen LogP contribution in [0.2, 0.25) is 0 Å². The quantitative estimate of drug-likeness (QED) is 0.788. The summed E-state index contributed by atoms with van der Waals surface area (Å²) in [6, 6.07) is 5.63. The molecule has 1 fully saturated rings. The Balaban J connectivity index is 1.98. The summed E-state index contributed by atoms with van der Waals surface area (Å²) in [5.74, 6) is 1.18. The number of nitrogens with zero attached hydrogens (tertiary/aromatic N) is 1. The van der Waals surface area contributed by atoms with Crippen molar-refractivity contribution in [2.75, 3.05) is 24.7 Å². The average molecular weight is 353 g/mol. The van der Waals surface area contributed by atoms with Crippen LogP contribution in [-0.4, -0.2) is 49.9 Å². The molecule has 0 aliphatic carbocycles. The molecular weight excluding hydrogens is 326 g/mol. The lowest BCUT2D eigenvalue weighted by Gasteiger charge is -2.26. The largest absolute Gasteiger partial charge is 0.484 e. The van der Waals surface area contributed by atoms with Crippen LogP contribution in [0.3, 0.4) is 0 Å². The number of carbonyl (C=O) groups excluding carboxylic acids is 1. The Bertz CT molecular complexity index is 697. The highest BCUT2D eigenvalue weighted by atomic mass is 32.2. The van der Waals surface area contributed by atoms with E-state index < -0.39 is 9.84 Å². The van der Waals surface area contributed by atoms with Gasteiger partial charge in [-0.3, -0.25) is 4.79 Å². The number of hydrogen-bond acceptors (Lipinski definition) is 4. The van der Waals surface area contributed by atoms with E-state index in [0.717, 1.165) is 5.56 Å². The van der Waals surface area contributed by atoms with Gasteiger partial charge in [-0.2, -0.15) is 0 Å². The molecule has 1 heterocycles. The Hall–Kier alpha value is -1.56. The van der Waals surface area contributed by atoms with E-state index in [2.05, 4.69) is 13.8 Å². The molecular formula is C18H27NO4S. The van der Waals surface area contributed by atoms with Crippen LogP contribution in [0.4, 0.5) is 0 Å². The molecule has 2 rings (SSSR count). The molecule has 1 aromatic rings. The number of likely N-dealkylation sites (N-methyl/N-ethyl adjacent to an activating group) is 1. The van der Waals surface area contributed by atoms with Crippen molar-refractivity contribution in [1.29, 1.82) is 0 Å². The summed E-state index contributed by atoms with van der Waals surface area (Å²) in [6.07, 6.45) is 0.518. The molecule has 1 aliphatic heterocycles. The first kappa shape index (κ1) is 18.8. The molecule has 0 radical (unpaired) electrons. The first-order chi connectivity index (χ1) is 11.2. The Kier molecular flexibility index (Phi) is 5.91. The molecule has 134 valence electrons. The summed E-state index contributed by atoms with van der Waals surface area (Å²) in [6.45, 7) is 8.61. The molecule has 0 N–H and O–H groups in total. The van der Waals surface area contributed by atoms with Gasteiger partial charge in [0.15, 0.2) is 16.4 Å². The Morgan fingerprint density at radius 2 is 2.08 bits per heavy atom. The van der Waals surface area contributed by atoms with Crippen molar-refractivity contribution in [2.45, 2.75) is 46.1 Å². The standard InChI is InChI=1S/C18H27NO4S/c1-5-19(15-8-9-24(21,22)12-15)18(20)11-23-16-6-7-17(13(2)3)14(4)10-16/h6-7,10,13,15H,5,8-9,11-12H2,1-4H3. The zero-order chi connectivity index (χ0) is 17.9. The zero-order valence-corrected chi connectivity index (χ0v) is 15.7. The molecule has 0 bridgehead atoms. The number of aryl methyl sites for hydroxylation is 1. The normalized spacial score (nSPS) is 19.5. The van der Waals surface area contributed by atoms with Gasteiger partial charge in [-0.1, -0.05) is 19.9 Å². The van der Waals surface area contributed by atoms with E-state index in [-0.39, 0.29) is 30.1 Å². The van der Waals surface area contributed by atoms with Gasteiger partial charge in [0.2, 0.25) is 0 Å². The molecule has 0 aromatic heterocycles. The van der Waals surface area contributed by atoms with Gasteiger partial charge in [0.1, 0.15) is 5.75 Å². The van der Waals surface area contributed by atoms with Crippen LogP contribution in [0.1, 0.15) is 44.2 Å². The fourth-order valence-electron chi connectivity index (χ4n) is 3.27. The van der Waals surface area contributed by atoms with Gasteiger partial charge >= 0.3 is 0 Å². The van der Waals surface area contributed by atoms with Crippen LogP contribution in [0.5, 0.6) is 5.75 Å². The van der Waals surface area contributed by atoms with E-state index in [1.54, 1.807) is 4.90 Å². The Morgan fingerprint density at radius 1 is 1.38 bits per heavy atom. The van der Waals surface area contributed by atoms with Crippen LogP contribution >= 0.6 is 0 Å². The predicted octanol–water partition coefficient (Wildman–Crippen LogP) is 2.53. The first-order valence-electron chi connectivity index (χ1n) is 8.46. The number of carbonyl (C=O) groups is 1. The SMILES string of the molecule is CCN(C(=O)COc1ccc(C(C)C)c(C)c1)C1CCS(=O)(=O)C1. The lowest BCUT2D eigenvalue weighted by Crippen LogP contribution is -2.43. The highest BCUT2D eigenvalue weighted by Gasteiger charge is 2.33. The maximum absolute atomic E-state index is 12.4. The lowest BCUT2D eigenvalue weighted by atomic mass is 9.98. The van der Waals surface area contributed by atoms with Crippen LogP contribution in [-0.2, 0) is 14.6 Å². The summed E-state index contributed by atoms with van der Waals surface area (Å²) in [5, 5.41) is 0. The molecule has 1 saturated heterocycles. The van der Waals surface area contributed by atoms with E-state index in [9.17, 15) is 13.2 Å². The summed E-state index contributed by atoms with van der Waals surface area (Å²) in [5.41, 5.74) is 2.41. The Morgan fingerprint density at radius 3 is 2.58 bits per heavy atom. The van der Waals surface area contributed by atoms with E-state index in [1.807, 2.05) is 32.0 Å². The molecule has 6 heteroatoms. The van der Waals surface area contributed by atoms with Gasteiger partial charge in [-0.25, -0.2) is 8.42 Å². The molecule has 1 atom stereocenters. The van der Waals surface area contributed by atoms with Gasteiger partial charge in [-0.05, 0) is 49.4 Å². The van der Waals surface area contributed by atoms with E-state index in [4.69, 9.17) is 4.74 Å². The van der Waals surface area contributed by atoms with E-state index >= 15 is 0 Å². The molecule has 1 amide bonds. The minimum atomic E-state index is -3.00. The molecule has 24 heavy (non-hydrogen) atoms. The van der Waals surface area contributed by atoms with Crippen molar-refractivity contribution in [2.24, 2.45) is 0 Å². The van der Waals surface area contributed by atoms with Crippen molar-refractivity contribution in [1.82, 2.24) is 4.90 Å². The second kappa shape index (κ2) is 7.55. The van der Waals surface area contributed by atoms with Crippen molar-refractivity contribution in [3.05, 3.63) is 29.3 Å². The van der Waals surface area contributed by atoms with Crippen LogP contribution < -0.4 is 4.74 Å². The number of sulfone groups is 1. The molecule has 0 spiro atoms. The summed E-state index contributed by atoms with van der Waals surface area (Å²) >= 11 is 0. The third-order valence-electron chi connectivity index (χ3n) is 4.54. The first-order valence-corrected chi connectivity index (χ1v) is 10.3. The summed E-state index contributed by atoms with van der Waals surface area (Å²) in [4.78, 5) is 14.0. The number of hydrogen-bond donors (Lipinski definition) is 0. The molecule has 1 aliphatic rings. The third kappa shape index (κ3) is 4.50. The van der Waals surface area contributed by atoms with Crippen molar-refractivity contribution in [3.63, 3.8) is 0 Å². The molecule has 0 saturated carbocycles. The zero-order valence-electron chi connectivity index (χ0n) is 14.9. The van der Waals surface area contributed by atoms with Crippen molar-refractivity contribution < 1.29 is 17.9 Å². The number of amides is 1. The lowest BCUT2D eigenvalue weighted by molar-refractivity contribution is -0.135. The van der Waals surface area contributed by atoms with Gasteiger partial charge in [0.05, 0.1) is 11.5 Å². The number of benzene rings is 1.